The number of ether oxygens (including phenoxy) is 2. The van der Waals surface area contributed by atoms with Crippen LogP contribution in [0.3, 0.4) is 0 Å². The van der Waals surface area contributed by atoms with Crippen LogP contribution in [0, 0.1) is 6.92 Å². The lowest BCUT2D eigenvalue weighted by atomic mass is 10.2. The second-order valence-electron chi connectivity index (χ2n) is 4.64. The molecule has 0 spiro atoms. The SMILES string of the molecule is COCOc1cc(C)c(O)c(-n2nc3ccccc3n2)c1. The molecule has 3 aromatic rings. The minimum atomic E-state index is 0.125. The van der Waals surface area contributed by atoms with Crippen LogP contribution in [-0.2, 0) is 4.74 Å². The van der Waals surface area contributed by atoms with E-state index in [0.717, 1.165) is 11.0 Å². The average Bonchev–Trinajstić information content (AvgIpc) is 2.92. The number of aromatic hydroxyl groups is 1. The minimum Gasteiger partial charge on any atom is -0.505 e. The monoisotopic (exact) mass is 285 g/mol. The van der Waals surface area contributed by atoms with E-state index in [9.17, 15) is 5.11 Å². The third-order valence-electron chi connectivity index (χ3n) is 3.10. The molecule has 0 saturated carbocycles. The van der Waals surface area contributed by atoms with Crippen molar-refractivity contribution in [3.05, 3.63) is 42.0 Å². The molecule has 0 aliphatic carbocycles. The second kappa shape index (κ2) is 5.41. The first kappa shape index (κ1) is 13.4. The highest BCUT2D eigenvalue weighted by Crippen LogP contribution is 2.30. The van der Waals surface area contributed by atoms with E-state index in [0.29, 0.717) is 17.0 Å². The molecule has 0 amide bonds. The van der Waals surface area contributed by atoms with E-state index in [1.54, 1.807) is 26.2 Å². The Morgan fingerprint density at radius 1 is 1.14 bits per heavy atom. The molecule has 2 aromatic carbocycles. The zero-order valence-corrected chi connectivity index (χ0v) is 11.8. The lowest BCUT2D eigenvalue weighted by Crippen LogP contribution is -2.03. The molecule has 0 aliphatic heterocycles. The standard InChI is InChI=1S/C15H15N3O3/c1-10-7-11(21-9-20-2)8-14(15(10)19)18-16-12-5-3-4-6-13(12)17-18/h3-8,19H,9H2,1-2H3. The quantitative estimate of drug-likeness (QED) is 0.745. The minimum absolute atomic E-state index is 0.125. The summed E-state index contributed by atoms with van der Waals surface area (Å²) in [6.45, 7) is 1.93. The molecule has 0 fully saturated rings. The fourth-order valence-electron chi connectivity index (χ4n) is 2.06. The van der Waals surface area contributed by atoms with Gasteiger partial charge in [-0.3, -0.25) is 0 Å². The molecule has 0 bridgehead atoms. The Balaban J connectivity index is 2.09. The lowest BCUT2D eigenvalue weighted by Gasteiger charge is -2.10. The largest absolute Gasteiger partial charge is 0.505 e. The van der Waals surface area contributed by atoms with Crippen molar-refractivity contribution in [2.75, 3.05) is 13.9 Å². The summed E-state index contributed by atoms with van der Waals surface area (Å²) in [5, 5.41) is 19.0. The third-order valence-corrected chi connectivity index (χ3v) is 3.10. The van der Waals surface area contributed by atoms with Crippen LogP contribution in [0.4, 0.5) is 0 Å². The van der Waals surface area contributed by atoms with Crippen LogP contribution < -0.4 is 4.74 Å². The Kier molecular flexibility index (Phi) is 3.45. The Hall–Kier alpha value is -2.60. The zero-order chi connectivity index (χ0) is 14.8. The summed E-state index contributed by atoms with van der Waals surface area (Å²) in [6, 6.07) is 10.9. The summed E-state index contributed by atoms with van der Waals surface area (Å²) in [6.07, 6.45) is 0. The number of phenolic OH excluding ortho intramolecular Hbond substituents is 1. The van der Waals surface area contributed by atoms with Crippen molar-refractivity contribution >= 4 is 11.0 Å². The first-order valence-corrected chi connectivity index (χ1v) is 6.47. The highest BCUT2D eigenvalue weighted by atomic mass is 16.7. The van der Waals surface area contributed by atoms with Crippen LogP contribution >= 0.6 is 0 Å². The van der Waals surface area contributed by atoms with Gasteiger partial charge in [-0.05, 0) is 30.7 Å². The number of phenols is 1. The summed E-state index contributed by atoms with van der Waals surface area (Å²) in [5.74, 6) is 0.712. The Morgan fingerprint density at radius 3 is 2.43 bits per heavy atom. The van der Waals surface area contributed by atoms with Gasteiger partial charge in [-0.2, -0.15) is 0 Å². The van der Waals surface area contributed by atoms with Gasteiger partial charge in [0.05, 0.1) is 0 Å². The molecule has 1 aromatic heterocycles. The molecule has 0 unspecified atom stereocenters. The van der Waals surface area contributed by atoms with Crippen LogP contribution in [0.5, 0.6) is 11.5 Å². The Morgan fingerprint density at radius 2 is 1.81 bits per heavy atom. The maximum Gasteiger partial charge on any atom is 0.188 e. The Bertz CT molecular complexity index is 750. The number of hydrogen-bond donors (Lipinski definition) is 1. The van der Waals surface area contributed by atoms with Gasteiger partial charge in [0.1, 0.15) is 28.2 Å². The van der Waals surface area contributed by atoms with Gasteiger partial charge in [0, 0.05) is 13.2 Å². The smallest absolute Gasteiger partial charge is 0.188 e. The number of methoxy groups -OCH3 is 1. The predicted molar refractivity (Wildman–Crippen MR) is 77.8 cm³/mol. The van der Waals surface area contributed by atoms with E-state index in [-0.39, 0.29) is 12.5 Å². The normalized spacial score (nSPS) is 11.0. The lowest BCUT2D eigenvalue weighted by molar-refractivity contribution is 0.0510. The summed E-state index contributed by atoms with van der Waals surface area (Å²) < 4.78 is 10.3. The van der Waals surface area contributed by atoms with E-state index >= 15 is 0 Å². The van der Waals surface area contributed by atoms with Crippen LogP contribution in [0.15, 0.2) is 36.4 Å². The van der Waals surface area contributed by atoms with Crippen molar-refractivity contribution in [3.8, 4) is 17.2 Å². The summed E-state index contributed by atoms with van der Waals surface area (Å²) in [7, 11) is 1.55. The van der Waals surface area contributed by atoms with Crippen molar-refractivity contribution < 1.29 is 14.6 Å². The topological polar surface area (TPSA) is 69.4 Å². The number of aromatic nitrogens is 3. The van der Waals surface area contributed by atoms with E-state index in [1.807, 2.05) is 24.3 Å². The zero-order valence-electron chi connectivity index (χ0n) is 11.8. The van der Waals surface area contributed by atoms with Crippen molar-refractivity contribution in [2.24, 2.45) is 0 Å². The van der Waals surface area contributed by atoms with Crippen molar-refractivity contribution in [1.29, 1.82) is 0 Å². The first-order chi connectivity index (χ1) is 10.2. The van der Waals surface area contributed by atoms with Gasteiger partial charge in [0.15, 0.2) is 6.79 Å². The van der Waals surface area contributed by atoms with Gasteiger partial charge in [-0.25, -0.2) is 0 Å². The van der Waals surface area contributed by atoms with Gasteiger partial charge in [-0.15, -0.1) is 15.0 Å². The molecule has 0 aliphatic rings. The molecule has 6 heteroatoms. The molecular weight excluding hydrogens is 270 g/mol. The highest BCUT2D eigenvalue weighted by Gasteiger charge is 2.13. The molecule has 0 radical (unpaired) electrons. The Labute approximate surface area is 121 Å². The maximum atomic E-state index is 10.2. The van der Waals surface area contributed by atoms with Crippen LogP contribution in [0.1, 0.15) is 5.56 Å². The van der Waals surface area contributed by atoms with Crippen molar-refractivity contribution in [1.82, 2.24) is 15.0 Å². The summed E-state index contributed by atoms with van der Waals surface area (Å²) in [5.41, 5.74) is 2.67. The van der Waals surface area contributed by atoms with Crippen molar-refractivity contribution in [3.63, 3.8) is 0 Å². The third kappa shape index (κ3) is 2.53. The molecule has 6 nitrogen and oxygen atoms in total. The average molecular weight is 285 g/mol. The van der Waals surface area contributed by atoms with Crippen molar-refractivity contribution in [2.45, 2.75) is 6.92 Å². The number of nitrogens with zero attached hydrogens (tertiary/aromatic N) is 3. The van der Waals surface area contributed by atoms with Gasteiger partial charge >= 0.3 is 0 Å². The van der Waals surface area contributed by atoms with Gasteiger partial charge in [-0.1, -0.05) is 12.1 Å². The van der Waals surface area contributed by atoms with E-state index in [2.05, 4.69) is 10.2 Å². The molecule has 3 rings (SSSR count). The van der Waals surface area contributed by atoms with Gasteiger partial charge in [0.25, 0.3) is 0 Å². The summed E-state index contributed by atoms with van der Waals surface area (Å²) in [4.78, 5) is 1.41. The molecule has 21 heavy (non-hydrogen) atoms. The number of fused-ring (bicyclic) bond motifs is 1. The maximum absolute atomic E-state index is 10.2. The highest BCUT2D eigenvalue weighted by molar-refractivity contribution is 5.73. The molecule has 108 valence electrons. The molecule has 0 saturated heterocycles. The fourth-order valence-corrected chi connectivity index (χ4v) is 2.06. The fraction of sp³-hybridized carbons (Fsp3) is 0.200. The molecular formula is C15H15N3O3. The first-order valence-electron chi connectivity index (χ1n) is 6.47. The van der Waals surface area contributed by atoms with E-state index < -0.39 is 0 Å². The van der Waals surface area contributed by atoms with Crippen LogP contribution in [-0.4, -0.2) is 34.0 Å². The molecule has 1 N–H and O–H groups in total. The van der Waals surface area contributed by atoms with Crippen LogP contribution in [0.2, 0.25) is 0 Å². The van der Waals surface area contributed by atoms with Gasteiger partial charge in [0.2, 0.25) is 0 Å². The summed E-state index contributed by atoms with van der Waals surface area (Å²) >= 11 is 0. The number of hydrogen-bond acceptors (Lipinski definition) is 5. The van der Waals surface area contributed by atoms with E-state index in [1.165, 1.54) is 4.80 Å². The molecule has 0 atom stereocenters. The van der Waals surface area contributed by atoms with Gasteiger partial charge < -0.3 is 14.6 Å². The van der Waals surface area contributed by atoms with Crippen LogP contribution in [0.25, 0.3) is 16.7 Å². The molecule has 1 heterocycles. The predicted octanol–water partition coefficient (Wildman–Crippen LogP) is 2.42. The number of rotatable bonds is 4. The van der Waals surface area contributed by atoms with E-state index in [4.69, 9.17) is 9.47 Å². The second-order valence-corrected chi connectivity index (χ2v) is 4.64. The number of benzene rings is 2. The number of aryl methyl sites for hydroxylation is 1.